The highest BCUT2D eigenvalue weighted by atomic mass is 19.3. The topological polar surface area (TPSA) is 177 Å². The summed E-state index contributed by atoms with van der Waals surface area (Å²) in [6.07, 6.45) is -0.0339. The number of amides is 4. The first-order valence-corrected chi connectivity index (χ1v) is 16.9. The summed E-state index contributed by atoms with van der Waals surface area (Å²) in [6, 6.07) is 11.1. The standard InChI is InChI=1S/C35H43F4N5O9/c1-35(21-53-35)29(46)24(16-22-8-4-2-5-9-22)41-30(47)25(17-23-10-6-3-7-11-23)42-32(49)27(20-52-34(38)39)43-31(48)26(19-51-33(36)37)40-28(45)18-44-12-14-50-15-13-44/h2-11,24-27,33-34H,12-21H2,1H3,(H,40,45)(H,41,47)(H,42,49)(H,43,48)/t24-,25-,26-,27-,35+/m0/s1. The van der Waals surface area contributed by atoms with Gasteiger partial charge in [0.2, 0.25) is 23.6 Å². The molecule has 18 heteroatoms. The van der Waals surface area contributed by atoms with Gasteiger partial charge in [-0.15, -0.1) is 0 Å². The van der Waals surface area contributed by atoms with Gasteiger partial charge in [-0.2, -0.15) is 17.6 Å². The van der Waals surface area contributed by atoms with E-state index < -0.39 is 85.6 Å². The second-order valence-electron chi connectivity index (χ2n) is 12.6. The molecule has 0 saturated carbocycles. The molecule has 4 amide bonds. The normalized spacial score (nSPS) is 19.5. The van der Waals surface area contributed by atoms with Crippen LogP contribution in [0.3, 0.4) is 0 Å². The van der Waals surface area contributed by atoms with Crippen molar-refractivity contribution in [2.24, 2.45) is 0 Å². The van der Waals surface area contributed by atoms with Crippen molar-refractivity contribution in [3.63, 3.8) is 0 Å². The number of carbonyl (C=O) groups excluding carboxylic acids is 5. The summed E-state index contributed by atoms with van der Waals surface area (Å²) >= 11 is 0. The number of hydrogen-bond donors (Lipinski definition) is 4. The molecule has 2 heterocycles. The molecule has 2 saturated heterocycles. The van der Waals surface area contributed by atoms with Crippen molar-refractivity contribution in [1.82, 2.24) is 26.2 Å². The average molecular weight is 754 g/mol. The molecule has 0 radical (unpaired) electrons. The van der Waals surface area contributed by atoms with E-state index in [9.17, 15) is 41.5 Å². The van der Waals surface area contributed by atoms with Crippen LogP contribution < -0.4 is 21.3 Å². The highest BCUT2D eigenvalue weighted by molar-refractivity contribution is 5.99. The molecule has 4 N–H and O–H groups in total. The molecule has 4 rings (SSSR count). The van der Waals surface area contributed by atoms with Crippen molar-refractivity contribution in [3.8, 4) is 0 Å². The van der Waals surface area contributed by atoms with Crippen LogP contribution in [0.4, 0.5) is 17.6 Å². The van der Waals surface area contributed by atoms with Crippen LogP contribution in [-0.2, 0) is 55.8 Å². The lowest BCUT2D eigenvalue weighted by atomic mass is 9.94. The first-order valence-electron chi connectivity index (χ1n) is 16.9. The van der Waals surface area contributed by atoms with Crippen LogP contribution in [0.15, 0.2) is 60.7 Å². The Kier molecular flexibility index (Phi) is 15.6. The number of halogens is 4. The second-order valence-corrected chi connectivity index (χ2v) is 12.6. The van der Waals surface area contributed by atoms with Crippen molar-refractivity contribution in [1.29, 1.82) is 0 Å². The smallest absolute Gasteiger partial charge is 0.345 e. The van der Waals surface area contributed by atoms with E-state index in [4.69, 9.17) is 9.47 Å². The van der Waals surface area contributed by atoms with Crippen LogP contribution in [0.2, 0.25) is 0 Å². The van der Waals surface area contributed by atoms with Gasteiger partial charge in [0, 0.05) is 19.5 Å². The van der Waals surface area contributed by atoms with Crippen LogP contribution in [0, 0.1) is 0 Å². The first kappa shape index (κ1) is 41.3. The van der Waals surface area contributed by atoms with Gasteiger partial charge in [-0.25, -0.2) is 0 Å². The number of Topliss-reactive ketones (excluding diaryl/α,β-unsaturated/α-hetero) is 1. The van der Waals surface area contributed by atoms with Gasteiger partial charge < -0.3 is 40.2 Å². The van der Waals surface area contributed by atoms with Gasteiger partial charge in [0.15, 0.2) is 5.78 Å². The molecule has 14 nitrogen and oxygen atoms in total. The highest BCUT2D eigenvalue weighted by Gasteiger charge is 2.50. The minimum atomic E-state index is -3.38. The molecule has 2 aromatic carbocycles. The SMILES string of the molecule is C[C@]1(C(=O)[C@H](Cc2ccccc2)NC(=O)[C@H](Cc2ccccc2)NC(=O)[C@H](COC(F)F)NC(=O)[C@H](COC(F)F)NC(=O)CN2CCOCC2)CO1. The van der Waals surface area contributed by atoms with Gasteiger partial charge in [-0.3, -0.25) is 28.9 Å². The Labute approximate surface area is 303 Å². The zero-order valence-corrected chi connectivity index (χ0v) is 28.9. The first-order chi connectivity index (χ1) is 25.3. The van der Waals surface area contributed by atoms with E-state index in [-0.39, 0.29) is 26.0 Å². The zero-order valence-electron chi connectivity index (χ0n) is 28.9. The Morgan fingerprint density at radius 2 is 1.13 bits per heavy atom. The van der Waals surface area contributed by atoms with E-state index in [1.54, 1.807) is 72.5 Å². The lowest BCUT2D eigenvalue weighted by molar-refractivity contribution is -0.153. The van der Waals surface area contributed by atoms with E-state index in [0.29, 0.717) is 31.9 Å². The number of nitrogens with zero attached hydrogens (tertiary/aromatic N) is 1. The Hall–Kier alpha value is -4.49. The monoisotopic (exact) mass is 753 g/mol. The molecule has 0 bridgehead atoms. The zero-order chi connectivity index (χ0) is 38.4. The molecule has 0 aliphatic carbocycles. The van der Waals surface area contributed by atoms with Crippen molar-refractivity contribution >= 4 is 29.4 Å². The molecule has 290 valence electrons. The number of epoxide rings is 1. The van der Waals surface area contributed by atoms with Crippen LogP contribution >= 0.6 is 0 Å². The van der Waals surface area contributed by atoms with E-state index in [1.807, 2.05) is 0 Å². The number of carbonyl (C=O) groups is 5. The van der Waals surface area contributed by atoms with Crippen LogP contribution in [0.1, 0.15) is 18.1 Å². The van der Waals surface area contributed by atoms with Gasteiger partial charge in [-0.05, 0) is 24.5 Å². The molecule has 0 unspecified atom stereocenters. The summed E-state index contributed by atoms with van der Waals surface area (Å²) in [6.45, 7) is -5.81. The molecule has 2 aliphatic rings. The Morgan fingerprint density at radius 1 is 0.698 bits per heavy atom. The molecule has 2 aliphatic heterocycles. The van der Waals surface area contributed by atoms with Gasteiger partial charge in [0.05, 0.1) is 45.6 Å². The van der Waals surface area contributed by atoms with Crippen LogP contribution in [0.5, 0.6) is 0 Å². The number of hydrogen-bond acceptors (Lipinski definition) is 10. The minimum Gasteiger partial charge on any atom is -0.379 e. The Morgan fingerprint density at radius 3 is 1.62 bits per heavy atom. The lowest BCUT2D eigenvalue weighted by Crippen LogP contribution is -2.60. The van der Waals surface area contributed by atoms with Crippen molar-refractivity contribution in [2.75, 3.05) is 52.7 Å². The van der Waals surface area contributed by atoms with Gasteiger partial charge in [-0.1, -0.05) is 60.7 Å². The summed E-state index contributed by atoms with van der Waals surface area (Å²) in [5, 5.41) is 9.57. The third kappa shape index (κ3) is 13.8. The third-order valence-electron chi connectivity index (χ3n) is 8.46. The number of rotatable bonds is 21. The fraction of sp³-hybridized carbons (Fsp3) is 0.514. The maximum atomic E-state index is 13.9. The number of benzene rings is 2. The number of morpholine rings is 1. The number of ether oxygens (including phenoxy) is 4. The summed E-state index contributed by atoms with van der Waals surface area (Å²) < 4.78 is 71.5. The molecule has 2 fully saturated rings. The van der Waals surface area contributed by atoms with Gasteiger partial charge >= 0.3 is 13.2 Å². The predicted molar refractivity (Wildman–Crippen MR) is 179 cm³/mol. The fourth-order valence-electron chi connectivity index (χ4n) is 5.46. The second kappa shape index (κ2) is 20.1. The number of nitrogens with one attached hydrogen (secondary N) is 4. The largest absolute Gasteiger partial charge is 0.379 e. The Balaban J connectivity index is 1.52. The molecule has 2 aromatic rings. The summed E-state index contributed by atoms with van der Waals surface area (Å²) in [7, 11) is 0. The van der Waals surface area contributed by atoms with Crippen molar-refractivity contribution in [2.45, 2.75) is 62.8 Å². The van der Waals surface area contributed by atoms with E-state index in [2.05, 4.69) is 30.7 Å². The molecule has 0 aromatic heterocycles. The molecular weight excluding hydrogens is 710 g/mol. The van der Waals surface area contributed by atoms with Crippen LogP contribution in [0.25, 0.3) is 0 Å². The maximum Gasteiger partial charge on any atom is 0.345 e. The summed E-state index contributed by atoms with van der Waals surface area (Å²) in [5.74, 6) is -4.33. The van der Waals surface area contributed by atoms with Gasteiger partial charge in [0.25, 0.3) is 0 Å². The lowest BCUT2D eigenvalue weighted by Gasteiger charge is -2.28. The summed E-state index contributed by atoms with van der Waals surface area (Å²) in [5.41, 5.74) is 0.191. The number of ketones is 1. The summed E-state index contributed by atoms with van der Waals surface area (Å²) in [4.78, 5) is 68.7. The minimum absolute atomic E-state index is 0.0939. The molecule has 53 heavy (non-hydrogen) atoms. The maximum absolute atomic E-state index is 13.9. The number of alkyl halides is 4. The van der Waals surface area contributed by atoms with Gasteiger partial charge in [0.1, 0.15) is 23.7 Å². The third-order valence-corrected chi connectivity index (χ3v) is 8.46. The van der Waals surface area contributed by atoms with Crippen molar-refractivity contribution < 1.29 is 60.5 Å². The van der Waals surface area contributed by atoms with E-state index in [1.165, 1.54) is 0 Å². The van der Waals surface area contributed by atoms with Crippen LogP contribution in [-0.4, -0.2) is 130 Å². The van der Waals surface area contributed by atoms with E-state index >= 15 is 0 Å². The van der Waals surface area contributed by atoms with E-state index in [0.717, 1.165) is 5.56 Å². The Bertz CT molecular complexity index is 1520. The predicted octanol–water partition coefficient (Wildman–Crippen LogP) is 0.580. The quantitative estimate of drug-likeness (QED) is 0.104. The highest BCUT2D eigenvalue weighted by Crippen LogP contribution is 2.29. The average Bonchev–Trinajstić information content (AvgIpc) is 3.89. The van der Waals surface area contributed by atoms with Crippen molar-refractivity contribution in [3.05, 3.63) is 71.8 Å². The molecular formula is C35H43F4N5O9. The molecule has 0 spiro atoms. The molecule has 5 atom stereocenters. The fourth-order valence-corrected chi connectivity index (χ4v) is 5.46.